The molecule has 0 aromatic heterocycles. The van der Waals surface area contributed by atoms with E-state index in [0.717, 1.165) is 89.9 Å². The molecule has 4 heteroatoms. The molecule has 0 radical (unpaired) electrons. The molecule has 3 N–H and O–H groups in total. The summed E-state index contributed by atoms with van der Waals surface area (Å²) in [4.78, 5) is 12.4. The maximum Gasteiger partial charge on any atom is 0.220 e. The van der Waals surface area contributed by atoms with Gasteiger partial charge in [-0.1, -0.05) is 225 Å². The predicted molar refractivity (Wildman–Crippen MR) is 271 cm³/mol. The van der Waals surface area contributed by atoms with Gasteiger partial charge >= 0.3 is 0 Å². The first-order valence-electron chi connectivity index (χ1n) is 25.2. The van der Waals surface area contributed by atoms with E-state index in [2.05, 4.69) is 129 Å². The van der Waals surface area contributed by atoms with E-state index >= 15 is 0 Å². The van der Waals surface area contributed by atoms with Crippen molar-refractivity contribution in [2.75, 3.05) is 6.61 Å². The van der Waals surface area contributed by atoms with E-state index in [0.29, 0.717) is 6.42 Å². The maximum atomic E-state index is 12.4. The van der Waals surface area contributed by atoms with Crippen molar-refractivity contribution in [2.24, 2.45) is 0 Å². The molecule has 0 aliphatic rings. The highest BCUT2D eigenvalue weighted by Crippen LogP contribution is 2.13. The second kappa shape index (κ2) is 51.1. The smallest absolute Gasteiger partial charge is 0.220 e. The van der Waals surface area contributed by atoms with Gasteiger partial charge in [-0.25, -0.2) is 0 Å². The van der Waals surface area contributed by atoms with Crippen molar-refractivity contribution in [3.05, 3.63) is 122 Å². The first-order valence-corrected chi connectivity index (χ1v) is 25.2. The Kier molecular flexibility index (Phi) is 48.5. The number of aliphatic hydroxyl groups excluding tert-OH is 2. The van der Waals surface area contributed by atoms with Gasteiger partial charge in [-0.2, -0.15) is 0 Å². The number of carbonyl (C=O) groups is 1. The van der Waals surface area contributed by atoms with Crippen molar-refractivity contribution in [1.29, 1.82) is 0 Å². The molecule has 0 bridgehead atoms. The summed E-state index contributed by atoms with van der Waals surface area (Å²) >= 11 is 0. The van der Waals surface area contributed by atoms with Crippen LogP contribution in [-0.4, -0.2) is 34.9 Å². The van der Waals surface area contributed by atoms with Crippen molar-refractivity contribution in [3.63, 3.8) is 0 Å². The fraction of sp³-hybridized carbons (Fsp3) is 0.632. The minimum Gasteiger partial charge on any atom is -0.394 e. The second-order valence-electron chi connectivity index (χ2n) is 16.5. The Bertz CT molecular complexity index is 1230. The van der Waals surface area contributed by atoms with Gasteiger partial charge in [0.2, 0.25) is 5.91 Å². The van der Waals surface area contributed by atoms with E-state index < -0.39 is 12.1 Å². The van der Waals surface area contributed by atoms with Gasteiger partial charge in [-0.05, 0) is 103 Å². The molecule has 61 heavy (non-hydrogen) atoms. The molecule has 0 spiro atoms. The van der Waals surface area contributed by atoms with E-state index in [9.17, 15) is 15.0 Å². The van der Waals surface area contributed by atoms with Crippen LogP contribution >= 0.6 is 0 Å². The monoisotopic (exact) mass is 842 g/mol. The Balaban J connectivity index is 3.67. The average Bonchev–Trinajstić information content (AvgIpc) is 3.26. The van der Waals surface area contributed by atoms with Crippen LogP contribution in [0.15, 0.2) is 122 Å². The minimum atomic E-state index is -0.881. The fourth-order valence-corrected chi connectivity index (χ4v) is 6.84. The summed E-state index contributed by atoms with van der Waals surface area (Å²) in [5.74, 6) is -0.0901. The topological polar surface area (TPSA) is 69.6 Å². The summed E-state index contributed by atoms with van der Waals surface area (Å²) in [6.45, 7) is 4.16. The molecule has 4 nitrogen and oxygen atoms in total. The average molecular weight is 842 g/mol. The molecule has 2 unspecified atom stereocenters. The SMILES string of the molecule is CC/C=C\C/C=C\C/C=C\C/C=C\C/C=C\C/C=C\C/C=C\CCCCCCCCCCCC(=O)NC(CO)C(O)/C=C/CC/C=C/CC/C=C/CCCCCCCCCC. The number of hydrogen-bond donors (Lipinski definition) is 3. The number of unbranched alkanes of at least 4 members (excludes halogenated alkanes) is 19. The number of allylic oxidation sites excluding steroid dienone is 19. The van der Waals surface area contributed by atoms with E-state index in [1.807, 2.05) is 6.08 Å². The van der Waals surface area contributed by atoms with Crippen LogP contribution in [-0.2, 0) is 4.79 Å². The van der Waals surface area contributed by atoms with Crippen LogP contribution in [0.5, 0.6) is 0 Å². The summed E-state index contributed by atoms with van der Waals surface area (Å²) in [7, 11) is 0. The molecule has 1 amide bonds. The van der Waals surface area contributed by atoms with Gasteiger partial charge in [-0.15, -0.1) is 0 Å². The largest absolute Gasteiger partial charge is 0.394 e. The van der Waals surface area contributed by atoms with Crippen molar-refractivity contribution in [2.45, 2.75) is 225 Å². The van der Waals surface area contributed by atoms with Crippen molar-refractivity contribution in [3.8, 4) is 0 Å². The Hall–Kier alpha value is -3.21. The summed E-state index contributed by atoms with van der Waals surface area (Å²) in [6, 6.07) is -0.657. The van der Waals surface area contributed by atoms with Crippen LogP contribution in [0.3, 0.4) is 0 Å². The third-order valence-corrected chi connectivity index (χ3v) is 10.7. The fourth-order valence-electron chi connectivity index (χ4n) is 6.84. The lowest BCUT2D eigenvalue weighted by atomic mass is 10.1. The van der Waals surface area contributed by atoms with Gasteiger partial charge in [-0.3, -0.25) is 4.79 Å². The molecule has 0 saturated carbocycles. The third-order valence-electron chi connectivity index (χ3n) is 10.7. The molecule has 0 aliphatic heterocycles. The molecule has 0 aromatic rings. The van der Waals surface area contributed by atoms with Crippen LogP contribution in [0.1, 0.15) is 213 Å². The lowest BCUT2D eigenvalue weighted by Crippen LogP contribution is -2.45. The van der Waals surface area contributed by atoms with Crippen LogP contribution in [0.25, 0.3) is 0 Å². The summed E-state index contributed by atoms with van der Waals surface area (Å²) in [5, 5.41) is 23.1. The third kappa shape index (κ3) is 47.7. The molecule has 0 fully saturated rings. The number of amides is 1. The Labute approximate surface area is 378 Å². The first kappa shape index (κ1) is 57.8. The van der Waals surface area contributed by atoms with E-state index in [-0.39, 0.29) is 12.5 Å². The van der Waals surface area contributed by atoms with Gasteiger partial charge in [0.05, 0.1) is 18.8 Å². The van der Waals surface area contributed by atoms with E-state index in [4.69, 9.17) is 0 Å². The standard InChI is InChI=1S/C57H95NO3/c1-3-5-7-9-11-13-15-17-19-21-23-24-25-26-27-28-29-30-31-32-33-34-35-37-39-41-43-45-47-49-51-53-57(61)58-55(54-59)56(60)52-50-48-46-44-42-40-38-36-22-20-18-16-14-12-10-8-6-4-2/h5,7,11,13,17,19,22-24,26-27,29-30,32-33,36,42,44,50,52,55-56,59-60H,3-4,6,8-10,12,14-16,18,20-21,25,28,31,34-35,37-41,43,45-49,51,53-54H2,1-2H3,(H,58,61)/b7-5-,13-11-,19-17-,24-23-,27-26-,30-29-,33-32-,36-22+,44-42+,52-50+. The quantitative estimate of drug-likeness (QED) is 0.0423. The van der Waals surface area contributed by atoms with Crippen LogP contribution < -0.4 is 5.32 Å². The Morgan fingerprint density at radius 3 is 1.15 bits per heavy atom. The molecule has 0 saturated heterocycles. The van der Waals surface area contributed by atoms with Crippen LogP contribution in [0.2, 0.25) is 0 Å². The molecule has 346 valence electrons. The number of rotatable bonds is 44. The van der Waals surface area contributed by atoms with Gasteiger partial charge in [0.25, 0.3) is 0 Å². The van der Waals surface area contributed by atoms with Crippen LogP contribution in [0, 0.1) is 0 Å². The molecule has 0 heterocycles. The zero-order valence-corrected chi connectivity index (χ0v) is 39.6. The van der Waals surface area contributed by atoms with E-state index in [1.54, 1.807) is 6.08 Å². The summed E-state index contributed by atoms with van der Waals surface area (Å²) in [5.41, 5.74) is 0. The molecular weight excluding hydrogens is 747 g/mol. The summed E-state index contributed by atoms with van der Waals surface area (Å²) in [6.07, 6.45) is 78.9. The molecule has 0 aromatic carbocycles. The maximum absolute atomic E-state index is 12.4. The van der Waals surface area contributed by atoms with Crippen molar-refractivity contribution < 1.29 is 15.0 Å². The Morgan fingerprint density at radius 2 is 0.738 bits per heavy atom. The Morgan fingerprint density at radius 1 is 0.410 bits per heavy atom. The second-order valence-corrected chi connectivity index (χ2v) is 16.5. The summed E-state index contributed by atoms with van der Waals surface area (Å²) < 4.78 is 0. The minimum absolute atomic E-state index is 0.0901. The lowest BCUT2D eigenvalue weighted by Gasteiger charge is -2.19. The molecular formula is C57H95NO3. The number of nitrogens with one attached hydrogen (secondary N) is 1. The zero-order chi connectivity index (χ0) is 44.2. The van der Waals surface area contributed by atoms with Gasteiger partial charge in [0.1, 0.15) is 0 Å². The van der Waals surface area contributed by atoms with Gasteiger partial charge in [0.15, 0.2) is 0 Å². The molecule has 2 atom stereocenters. The normalized spacial score (nSPS) is 14.0. The molecule has 0 rings (SSSR count). The van der Waals surface area contributed by atoms with Gasteiger partial charge < -0.3 is 15.5 Å². The van der Waals surface area contributed by atoms with Crippen molar-refractivity contribution >= 4 is 5.91 Å². The highest BCUT2D eigenvalue weighted by molar-refractivity contribution is 5.76. The molecule has 0 aliphatic carbocycles. The number of carbonyl (C=O) groups excluding carboxylic acids is 1. The van der Waals surface area contributed by atoms with Crippen molar-refractivity contribution in [1.82, 2.24) is 5.32 Å². The van der Waals surface area contributed by atoms with E-state index in [1.165, 1.54) is 103 Å². The number of aliphatic hydroxyl groups is 2. The number of hydrogen-bond acceptors (Lipinski definition) is 3. The lowest BCUT2D eigenvalue weighted by molar-refractivity contribution is -0.123. The first-order chi connectivity index (χ1) is 30.2. The zero-order valence-electron chi connectivity index (χ0n) is 39.6. The van der Waals surface area contributed by atoms with Crippen LogP contribution in [0.4, 0.5) is 0 Å². The predicted octanol–water partition coefficient (Wildman–Crippen LogP) is 16.5. The highest BCUT2D eigenvalue weighted by Gasteiger charge is 2.17. The highest BCUT2D eigenvalue weighted by atomic mass is 16.3. The van der Waals surface area contributed by atoms with Gasteiger partial charge in [0, 0.05) is 6.42 Å².